The van der Waals surface area contributed by atoms with Crippen LogP contribution in [0.3, 0.4) is 0 Å². The van der Waals surface area contributed by atoms with Gasteiger partial charge in [0.25, 0.3) is 0 Å². The van der Waals surface area contributed by atoms with Crippen molar-refractivity contribution in [3.05, 3.63) is 17.7 Å². The number of rotatable bonds is 3. The molecule has 5 nitrogen and oxygen atoms in total. The summed E-state index contributed by atoms with van der Waals surface area (Å²) in [5.74, 6) is -1.93. The van der Waals surface area contributed by atoms with Crippen LogP contribution >= 0.6 is 0 Å². The molecule has 1 aromatic carbocycles. The highest BCUT2D eigenvalue weighted by Crippen LogP contribution is 2.39. The maximum Gasteiger partial charge on any atom is 0.200 e. The highest BCUT2D eigenvalue weighted by Gasteiger charge is 2.23. The van der Waals surface area contributed by atoms with Gasteiger partial charge in [-0.05, 0) is 19.1 Å². The molecular weight excluding hydrogens is 200 g/mol. The van der Waals surface area contributed by atoms with E-state index in [1.165, 1.54) is 33.3 Å². The normalized spacial score (nSPS) is 11.3. The molecule has 0 aliphatic carbocycles. The average Bonchev–Trinajstić information content (AvgIpc) is 2.16. The molecule has 0 spiro atoms. The molecule has 84 valence electrons. The third-order valence-corrected chi connectivity index (χ3v) is 2.03. The molecule has 3 N–H and O–H groups in total. The molecule has 0 unspecified atom stereocenters. The fourth-order valence-corrected chi connectivity index (χ4v) is 1.17. The summed E-state index contributed by atoms with van der Waals surface area (Å²) < 4.78 is 9.74. The van der Waals surface area contributed by atoms with Crippen LogP contribution in [-0.2, 0) is 5.79 Å². The number of phenolic OH excluding ortho intramolecular Hbond substituents is 1. The van der Waals surface area contributed by atoms with Gasteiger partial charge in [0.15, 0.2) is 17.3 Å². The fourth-order valence-electron chi connectivity index (χ4n) is 1.17. The Hall–Kier alpha value is -1.46. The third-order valence-electron chi connectivity index (χ3n) is 2.03. The molecule has 0 bridgehead atoms. The monoisotopic (exact) mass is 214 g/mol. The largest absolute Gasteiger partial charge is 0.502 e. The molecule has 0 fully saturated rings. The number of methoxy groups -OCH3 is 2. The first-order valence-corrected chi connectivity index (χ1v) is 4.30. The van der Waals surface area contributed by atoms with Crippen LogP contribution in [-0.4, -0.2) is 29.5 Å². The first kappa shape index (κ1) is 11.6. The van der Waals surface area contributed by atoms with Crippen LogP contribution in [0.5, 0.6) is 17.2 Å². The zero-order valence-corrected chi connectivity index (χ0v) is 8.81. The van der Waals surface area contributed by atoms with Crippen LogP contribution in [0.15, 0.2) is 12.1 Å². The third kappa shape index (κ3) is 2.31. The van der Waals surface area contributed by atoms with Crippen molar-refractivity contribution in [2.75, 3.05) is 14.2 Å². The highest BCUT2D eigenvalue weighted by molar-refractivity contribution is 5.53. The van der Waals surface area contributed by atoms with Gasteiger partial charge in [-0.15, -0.1) is 0 Å². The smallest absolute Gasteiger partial charge is 0.200 e. The summed E-state index contributed by atoms with van der Waals surface area (Å²) in [5, 5.41) is 28.3. The van der Waals surface area contributed by atoms with Crippen molar-refractivity contribution < 1.29 is 24.8 Å². The second kappa shape index (κ2) is 3.96. The molecule has 0 amide bonds. The topological polar surface area (TPSA) is 79.2 Å². The molecule has 0 saturated carbocycles. The SMILES string of the molecule is COc1cc(C(C)(O)O)cc(OC)c1O. The first-order valence-electron chi connectivity index (χ1n) is 4.30. The van der Waals surface area contributed by atoms with Gasteiger partial charge in [-0.2, -0.15) is 0 Å². The Morgan fingerprint density at radius 2 is 1.47 bits per heavy atom. The predicted octanol–water partition coefficient (Wildman–Crippen LogP) is 0.567. The van der Waals surface area contributed by atoms with Gasteiger partial charge < -0.3 is 24.8 Å². The number of aliphatic hydroxyl groups is 2. The quantitative estimate of drug-likeness (QED) is 0.641. The molecule has 15 heavy (non-hydrogen) atoms. The van der Waals surface area contributed by atoms with E-state index in [-0.39, 0.29) is 22.8 Å². The van der Waals surface area contributed by atoms with Gasteiger partial charge in [-0.25, -0.2) is 0 Å². The summed E-state index contributed by atoms with van der Waals surface area (Å²) in [6, 6.07) is 2.66. The van der Waals surface area contributed by atoms with E-state index in [9.17, 15) is 15.3 Å². The zero-order valence-electron chi connectivity index (χ0n) is 8.81. The van der Waals surface area contributed by atoms with Crippen LogP contribution in [0.2, 0.25) is 0 Å². The van der Waals surface area contributed by atoms with Gasteiger partial charge in [0.2, 0.25) is 5.75 Å². The van der Waals surface area contributed by atoms with Gasteiger partial charge in [-0.3, -0.25) is 0 Å². The Morgan fingerprint density at radius 1 is 1.07 bits per heavy atom. The van der Waals surface area contributed by atoms with Crippen LogP contribution in [0.25, 0.3) is 0 Å². The summed E-state index contributed by atoms with van der Waals surface area (Å²) in [5.41, 5.74) is 0.175. The van der Waals surface area contributed by atoms with Crippen LogP contribution < -0.4 is 9.47 Å². The van der Waals surface area contributed by atoms with Crippen molar-refractivity contribution in [3.8, 4) is 17.2 Å². The standard InChI is InChI=1S/C10H14O5/c1-10(12,13)6-4-7(14-2)9(11)8(5-6)15-3/h4-5,11-13H,1-3H3. The Labute approximate surface area is 87.5 Å². The van der Waals surface area contributed by atoms with Crippen molar-refractivity contribution in [3.63, 3.8) is 0 Å². The van der Waals surface area contributed by atoms with E-state index in [0.29, 0.717) is 0 Å². The lowest BCUT2D eigenvalue weighted by molar-refractivity contribution is -0.152. The number of hydrogen-bond donors (Lipinski definition) is 3. The summed E-state index contributed by atoms with van der Waals surface area (Å²) in [7, 11) is 2.73. The van der Waals surface area contributed by atoms with E-state index in [1.807, 2.05) is 0 Å². The Kier molecular flexibility index (Phi) is 3.06. The van der Waals surface area contributed by atoms with Gasteiger partial charge in [-0.1, -0.05) is 0 Å². The zero-order chi connectivity index (χ0) is 11.6. The van der Waals surface area contributed by atoms with Crippen molar-refractivity contribution in [2.24, 2.45) is 0 Å². The minimum Gasteiger partial charge on any atom is -0.502 e. The Morgan fingerprint density at radius 3 is 1.73 bits per heavy atom. The maximum atomic E-state index is 9.57. The van der Waals surface area contributed by atoms with E-state index < -0.39 is 5.79 Å². The second-order valence-electron chi connectivity index (χ2n) is 3.25. The molecule has 5 heteroatoms. The summed E-state index contributed by atoms with van der Waals surface area (Å²) in [6.07, 6.45) is 0. The van der Waals surface area contributed by atoms with Crippen LogP contribution in [0.1, 0.15) is 12.5 Å². The number of phenols is 1. The van der Waals surface area contributed by atoms with E-state index in [0.717, 1.165) is 0 Å². The van der Waals surface area contributed by atoms with Gasteiger partial charge in [0.05, 0.1) is 14.2 Å². The van der Waals surface area contributed by atoms with E-state index in [4.69, 9.17) is 9.47 Å². The molecule has 1 rings (SSSR count). The van der Waals surface area contributed by atoms with Crippen molar-refractivity contribution in [2.45, 2.75) is 12.7 Å². The highest BCUT2D eigenvalue weighted by atomic mass is 16.5. The lowest BCUT2D eigenvalue weighted by atomic mass is 10.1. The lowest BCUT2D eigenvalue weighted by Gasteiger charge is -2.19. The predicted molar refractivity (Wildman–Crippen MR) is 53.0 cm³/mol. The Balaban J connectivity index is 3.33. The summed E-state index contributed by atoms with van der Waals surface area (Å²) in [4.78, 5) is 0. The molecule has 0 radical (unpaired) electrons. The Bertz CT molecular complexity index is 328. The van der Waals surface area contributed by atoms with Gasteiger partial charge >= 0.3 is 0 Å². The molecule has 1 aromatic rings. The van der Waals surface area contributed by atoms with E-state index in [2.05, 4.69) is 0 Å². The molecular formula is C10H14O5. The minimum atomic E-state index is -2.01. The molecule has 0 heterocycles. The number of ether oxygens (including phenoxy) is 2. The van der Waals surface area contributed by atoms with E-state index in [1.54, 1.807) is 0 Å². The number of aromatic hydroxyl groups is 1. The van der Waals surface area contributed by atoms with E-state index >= 15 is 0 Å². The van der Waals surface area contributed by atoms with Crippen molar-refractivity contribution in [1.29, 1.82) is 0 Å². The van der Waals surface area contributed by atoms with Crippen molar-refractivity contribution in [1.82, 2.24) is 0 Å². The summed E-state index contributed by atoms with van der Waals surface area (Å²) >= 11 is 0. The molecule has 0 atom stereocenters. The molecule has 0 saturated heterocycles. The average molecular weight is 214 g/mol. The first-order chi connectivity index (χ1) is 6.90. The second-order valence-corrected chi connectivity index (χ2v) is 3.25. The van der Waals surface area contributed by atoms with Gasteiger partial charge in [0, 0.05) is 5.56 Å². The number of benzene rings is 1. The summed E-state index contributed by atoms with van der Waals surface area (Å²) in [6.45, 7) is 1.21. The molecule has 0 aliphatic rings. The van der Waals surface area contributed by atoms with Crippen LogP contribution in [0, 0.1) is 0 Å². The fraction of sp³-hybridized carbons (Fsp3) is 0.400. The maximum absolute atomic E-state index is 9.57. The van der Waals surface area contributed by atoms with Crippen molar-refractivity contribution >= 4 is 0 Å². The minimum absolute atomic E-state index is 0.124. The molecule has 0 aliphatic heterocycles. The lowest BCUT2D eigenvalue weighted by Crippen LogP contribution is -2.19. The molecule has 0 aromatic heterocycles. The number of hydrogen-bond acceptors (Lipinski definition) is 5. The van der Waals surface area contributed by atoms with Gasteiger partial charge in [0.1, 0.15) is 0 Å². The van der Waals surface area contributed by atoms with Crippen LogP contribution in [0.4, 0.5) is 0 Å².